The second kappa shape index (κ2) is 27.4. The SMILES string of the molecule is Brc1ccccc1-c1ccccc1Br.CC1(C)c2ccccc2-c2ccc(N(c3ccc(-c4ccccc4)cc3)c3cccc4c3-c3ccccc3C43c4ccccc4-c4c(Br)cccc43)cc21.CC1(C)c2ccccc2-c2ccc(N(c3ccc(-c4ccccc4)cc3)c3cccc4c3-c3ccccc3C4=O)cc21. The number of rotatable bonds is 9. The van der Waals surface area contributed by atoms with Crippen molar-refractivity contribution in [2.24, 2.45) is 0 Å². The summed E-state index contributed by atoms with van der Waals surface area (Å²) in [5.41, 5.74) is 37.8. The number of carbonyl (C=O) groups excluding carboxylic acids is 1. The Kier molecular flexibility index (Phi) is 17.1. The fourth-order valence-corrected chi connectivity index (χ4v) is 19.9. The van der Waals surface area contributed by atoms with Crippen LogP contribution in [0.25, 0.3) is 89.0 Å². The Balaban J connectivity index is 0.000000129. The molecule has 0 N–H and O–H groups in total. The van der Waals surface area contributed by atoms with Crippen LogP contribution in [0.15, 0.2) is 383 Å². The van der Waals surface area contributed by atoms with E-state index in [1.165, 1.54) is 128 Å². The minimum atomic E-state index is -0.442. The molecule has 110 heavy (non-hydrogen) atoms. The molecular weight excluding hydrogens is 1530 g/mol. The Hall–Kier alpha value is -11.8. The molecule has 16 aromatic rings. The first-order valence-corrected chi connectivity index (χ1v) is 40.0. The predicted molar refractivity (Wildman–Crippen MR) is 468 cm³/mol. The number of benzene rings is 16. The number of nitrogens with zero attached hydrogens (tertiary/aromatic N) is 2. The fraction of sp³-hybridized carbons (Fsp3) is 0.0673. The molecule has 0 saturated heterocycles. The predicted octanol–water partition coefficient (Wildman–Crippen LogP) is 29.5. The standard InChI is InChI=1S/C52H36BrN.C40H29NO.C12H8Br2/c1-51(2)41-19-9-6-16-37(41)38-31-30-36(32-46(38)51)54(35-28-26-34(27-29-35)33-14-4-3-5-15-33)48-25-13-23-45-50(48)40-18-8-11-21-43(40)52(45)42-20-10-7-17-39(42)49-44(52)22-12-24-47(49)53;1-40(2)35-17-9-8-13-30(35)31-24-23-29(25-36(31)40)41(28-21-19-27(20-22-28)26-11-4-3-5-12-26)37-18-10-16-34-38(37)32-14-6-7-15-33(32)39(34)42;13-11-7-3-1-5-9(11)10-6-2-4-8-12(10)14/h3-32H,1-2H3;3-25H,1-2H3;1-8H. The van der Waals surface area contributed by atoms with Gasteiger partial charge in [-0.15, -0.1) is 0 Å². The number of anilines is 6. The first-order chi connectivity index (χ1) is 53.8. The fourth-order valence-electron chi connectivity index (χ4n) is 18.3. The van der Waals surface area contributed by atoms with Gasteiger partial charge in [-0.25, -0.2) is 0 Å². The van der Waals surface area contributed by atoms with Crippen LogP contribution in [-0.2, 0) is 16.2 Å². The van der Waals surface area contributed by atoms with Crippen molar-refractivity contribution < 1.29 is 4.79 Å². The number of ketones is 1. The maximum atomic E-state index is 13.5. The van der Waals surface area contributed by atoms with Crippen LogP contribution in [0, 0.1) is 0 Å². The molecule has 0 heterocycles. The molecule has 0 aromatic heterocycles. The highest BCUT2D eigenvalue weighted by Gasteiger charge is 2.53. The third-order valence-electron chi connectivity index (χ3n) is 23.4. The van der Waals surface area contributed by atoms with E-state index in [0.29, 0.717) is 0 Å². The van der Waals surface area contributed by atoms with Crippen molar-refractivity contribution in [3.63, 3.8) is 0 Å². The molecule has 1 spiro atoms. The van der Waals surface area contributed by atoms with E-state index >= 15 is 0 Å². The smallest absolute Gasteiger partial charge is 0.194 e. The van der Waals surface area contributed by atoms with Gasteiger partial charge in [0.2, 0.25) is 0 Å². The summed E-state index contributed by atoms with van der Waals surface area (Å²) in [5.74, 6) is 0.0901. The van der Waals surface area contributed by atoms with E-state index in [1.54, 1.807) is 0 Å². The first kappa shape index (κ1) is 68.7. The van der Waals surface area contributed by atoms with Crippen LogP contribution in [0.3, 0.4) is 0 Å². The molecule has 1 atom stereocenters. The van der Waals surface area contributed by atoms with Crippen molar-refractivity contribution in [3.05, 3.63) is 439 Å². The Morgan fingerprint density at radius 1 is 0.218 bits per heavy atom. The second-order valence-corrected chi connectivity index (χ2v) is 32.6. The van der Waals surface area contributed by atoms with Crippen molar-refractivity contribution in [1.29, 1.82) is 0 Å². The van der Waals surface area contributed by atoms with Gasteiger partial charge < -0.3 is 9.80 Å². The lowest BCUT2D eigenvalue weighted by atomic mass is 9.70. The zero-order valence-corrected chi connectivity index (χ0v) is 65.9. The summed E-state index contributed by atoms with van der Waals surface area (Å²) in [7, 11) is 0. The van der Waals surface area contributed by atoms with Crippen LogP contribution in [0.5, 0.6) is 0 Å². The molecular formula is C104H73Br3N2O. The van der Waals surface area contributed by atoms with Gasteiger partial charge in [-0.3, -0.25) is 4.79 Å². The third-order valence-corrected chi connectivity index (χ3v) is 25.5. The van der Waals surface area contributed by atoms with Gasteiger partial charge in [0, 0.05) is 74.8 Å². The summed E-state index contributed by atoms with van der Waals surface area (Å²) >= 11 is 11.1. The Bertz CT molecular complexity index is 6310. The van der Waals surface area contributed by atoms with Crippen molar-refractivity contribution in [2.75, 3.05) is 9.80 Å². The highest BCUT2D eigenvalue weighted by Crippen LogP contribution is 2.66. The molecule has 526 valence electrons. The molecule has 6 heteroatoms. The van der Waals surface area contributed by atoms with Gasteiger partial charge in [-0.1, -0.05) is 367 Å². The molecule has 5 aliphatic carbocycles. The van der Waals surface area contributed by atoms with Crippen molar-refractivity contribution >= 4 is 87.7 Å². The number of hydrogen-bond acceptors (Lipinski definition) is 3. The molecule has 0 amide bonds. The molecule has 0 saturated carbocycles. The number of carbonyl (C=O) groups is 1. The monoisotopic (exact) mass is 1600 g/mol. The van der Waals surface area contributed by atoms with Crippen LogP contribution in [0.4, 0.5) is 34.1 Å². The lowest BCUT2D eigenvalue weighted by Crippen LogP contribution is -2.26. The van der Waals surface area contributed by atoms with Crippen LogP contribution in [-0.4, -0.2) is 5.78 Å². The maximum absolute atomic E-state index is 13.5. The van der Waals surface area contributed by atoms with Gasteiger partial charge in [0.1, 0.15) is 0 Å². The summed E-state index contributed by atoms with van der Waals surface area (Å²) < 4.78 is 3.37. The minimum Gasteiger partial charge on any atom is -0.310 e. The topological polar surface area (TPSA) is 23.6 Å². The lowest BCUT2D eigenvalue weighted by Gasteiger charge is -2.32. The summed E-state index contributed by atoms with van der Waals surface area (Å²) in [6.45, 7) is 9.37. The zero-order valence-electron chi connectivity index (χ0n) is 61.2. The average Bonchev–Trinajstić information content (AvgIpc) is 1.50. The van der Waals surface area contributed by atoms with E-state index in [4.69, 9.17) is 0 Å². The van der Waals surface area contributed by atoms with E-state index in [-0.39, 0.29) is 16.6 Å². The Morgan fingerprint density at radius 3 is 1.02 bits per heavy atom. The van der Waals surface area contributed by atoms with Crippen LogP contribution in [0.1, 0.15) is 88.1 Å². The van der Waals surface area contributed by atoms with E-state index in [0.717, 1.165) is 64.1 Å². The van der Waals surface area contributed by atoms with E-state index in [1.807, 2.05) is 60.7 Å². The van der Waals surface area contributed by atoms with Crippen molar-refractivity contribution in [1.82, 2.24) is 0 Å². The maximum Gasteiger partial charge on any atom is 0.194 e. The molecule has 0 radical (unpaired) electrons. The quantitative estimate of drug-likeness (QED) is 0.144. The summed E-state index contributed by atoms with van der Waals surface area (Å²) in [6.07, 6.45) is 0. The average molecular weight is 1610 g/mol. The number of halogens is 3. The molecule has 5 aliphatic rings. The minimum absolute atomic E-state index is 0.0901. The Labute approximate surface area is 668 Å². The molecule has 21 rings (SSSR count). The van der Waals surface area contributed by atoms with Crippen molar-refractivity contribution in [2.45, 2.75) is 43.9 Å². The van der Waals surface area contributed by atoms with Gasteiger partial charge >= 0.3 is 0 Å². The highest BCUT2D eigenvalue weighted by atomic mass is 79.9. The van der Waals surface area contributed by atoms with E-state index in [9.17, 15) is 4.79 Å². The van der Waals surface area contributed by atoms with Gasteiger partial charge in [0.05, 0.1) is 16.8 Å². The summed E-state index contributed by atoms with van der Waals surface area (Å²) in [4.78, 5) is 18.3. The second-order valence-electron chi connectivity index (χ2n) is 30.0. The van der Waals surface area contributed by atoms with Crippen LogP contribution >= 0.6 is 47.8 Å². The molecule has 1 unspecified atom stereocenters. The van der Waals surface area contributed by atoms with Gasteiger partial charge in [-0.05, 0) is 196 Å². The first-order valence-electron chi connectivity index (χ1n) is 37.6. The van der Waals surface area contributed by atoms with E-state index < -0.39 is 5.41 Å². The zero-order chi connectivity index (χ0) is 74.6. The van der Waals surface area contributed by atoms with Gasteiger partial charge in [-0.2, -0.15) is 0 Å². The van der Waals surface area contributed by atoms with Crippen LogP contribution < -0.4 is 9.80 Å². The number of hydrogen-bond donors (Lipinski definition) is 0. The number of fused-ring (bicyclic) bond motifs is 19. The normalized spacial score (nSPS) is 14.5. The Morgan fingerprint density at radius 2 is 0.536 bits per heavy atom. The summed E-state index contributed by atoms with van der Waals surface area (Å²) in [5, 5.41) is 0. The molecule has 0 fully saturated rings. The van der Waals surface area contributed by atoms with Gasteiger partial charge in [0.15, 0.2) is 5.78 Å². The van der Waals surface area contributed by atoms with E-state index in [2.05, 4.69) is 395 Å². The van der Waals surface area contributed by atoms with Crippen LogP contribution in [0.2, 0.25) is 0 Å². The lowest BCUT2D eigenvalue weighted by molar-refractivity contribution is 0.104. The van der Waals surface area contributed by atoms with Gasteiger partial charge in [0.25, 0.3) is 0 Å². The molecule has 0 aliphatic heterocycles. The summed E-state index contributed by atoms with van der Waals surface area (Å²) in [6, 6.07) is 133. The third kappa shape index (κ3) is 11.0. The molecule has 3 nitrogen and oxygen atoms in total. The van der Waals surface area contributed by atoms with Crippen molar-refractivity contribution in [3.8, 4) is 89.0 Å². The largest absolute Gasteiger partial charge is 0.310 e. The molecule has 16 aromatic carbocycles. The highest BCUT2D eigenvalue weighted by molar-refractivity contribution is 9.11. The molecule has 0 bridgehead atoms.